The molecular weight excluding hydrogens is 557 g/mol. The smallest absolute Gasteiger partial charge is 0.242 e. The lowest BCUT2D eigenvalue weighted by atomic mass is 10.1. The minimum Gasteiger partial charge on any atom is -0.354 e. The number of hydrogen-bond donors (Lipinski definition) is 1. The van der Waals surface area contributed by atoms with Crippen LogP contribution in [0.5, 0.6) is 0 Å². The second-order valence-corrected chi connectivity index (χ2v) is 11.9. The van der Waals surface area contributed by atoms with Crippen LogP contribution in [0.1, 0.15) is 51.5 Å². The minimum absolute atomic E-state index is 0.0212. The molecule has 0 bridgehead atoms. The van der Waals surface area contributed by atoms with Crippen molar-refractivity contribution in [2.75, 3.05) is 23.7 Å². The Morgan fingerprint density at radius 3 is 2.22 bits per heavy atom. The quantitative estimate of drug-likeness (QED) is 0.277. The second-order valence-electron chi connectivity index (χ2n) is 8.71. The number of unbranched alkanes of at least 4 members (excludes halogenated alkanes) is 1. The summed E-state index contributed by atoms with van der Waals surface area (Å²) in [4.78, 5) is 28.0. The molecule has 0 radical (unpaired) electrons. The summed E-state index contributed by atoms with van der Waals surface area (Å²) in [5.41, 5.74) is 0.972. The Labute approximate surface area is 235 Å². The van der Waals surface area contributed by atoms with Crippen molar-refractivity contribution < 1.29 is 18.0 Å². The Bertz CT molecular complexity index is 1160. The van der Waals surface area contributed by atoms with E-state index in [0.29, 0.717) is 39.3 Å². The van der Waals surface area contributed by atoms with Gasteiger partial charge in [0, 0.05) is 46.7 Å². The zero-order valence-electron chi connectivity index (χ0n) is 21.3. The van der Waals surface area contributed by atoms with Crippen LogP contribution in [0.25, 0.3) is 0 Å². The van der Waals surface area contributed by atoms with Gasteiger partial charge in [0.1, 0.15) is 6.04 Å². The number of nitrogens with one attached hydrogen (secondary N) is 1. The number of sulfonamides is 1. The van der Waals surface area contributed by atoms with Crippen LogP contribution < -0.4 is 9.62 Å². The van der Waals surface area contributed by atoms with Gasteiger partial charge in [0.2, 0.25) is 21.8 Å². The normalized spacial score (nSPS) is 12.2. The Kier molecular flexibility index (Phi) is 12.5. The van der Waals surface area contributed by atoms with Gasteiger partial charge in [-0.15, -0.1) is 0 Å². The molecule has 204 valence electrons. The predicted octanol–water partition coefficient (Wildman–Crippen LogP) is 5.92. The molecule has 0 aliphatic rings. The molecule has 0 fully saturated rings. The van der Waals surface area contributed by atoms with Crippen molar-refractivity contribution in [2.45, 2.75) is 58.5 Å². The number of rotatable bonds is 14. The first-order chi connectivity index (χ1) is 17.5. The molecule has 0 heterocycles. The van der Waals surface area contributed by atoms with Crippen molar-refractivity contribution in [2.24, 2.45) is 0 Å². The summed E-state index contributed by atoms with van der Waals surface area (Å²) < 4.78 is 26.1. The van der Waals surface area contributed by atoms with Crippen molar-refractivity contribution in [3.05, 3.63) is 63.1 Å². The Morgan fingerprint density at radius 2 is 1.65 bits per heavy atom. The summed E-state index contributed by atoms with van der Waals surface area (Å²) in [6.07, 6.45) is 3.51. The average molecular weight is 591 g/mol. The molecule has 2 aromatic carbocycles. The van der Waals surface area contributed by atoms with Gasteiger partial charge >= 0.3 is 0 Å². The van der Waals surface area contributed by atoms with Crippen LogP contribution in [0.3, 0.4) is 0 Å². The van der Waals surface area contributed by atoms with Gasteiger partial charge in [0.15, 0.2) is 0 Å². The van der Waals surface area contributed by atoms with Gasteiger partial charge in [-0.05, 0) is 49.6 Å². The molecule has 37 heavy (non-hydrogen) atoms. The molecule has 0 saturated carbocycles. The molecule has 2 amide bonds. The Morgan fingerprint density at radius 1 is 1.00 bits per heavy atom. The van der Waals surface area contributed by atoms with Crippen molar-refractivity contribution in [3.63, 3.8) is 0 Å². The van der Waals surface area contributed by atoms with Crippen molar-refractivity contribution in [3.8, 4) is 0 Å². The van der Waals surface area contributed by atoms with E-state index in [2.05, 4.69) is 5.32 Å². The molecular formula is C26H34Cl3N3O4S. The number of anilines is 1. The van der Waals surface area contributed by atoms with Gasteiger partial charge in [-0.2, -0.15) is 0 Å². The summed E-state index contributed by atoms with van der Waals surface area (Å²) in [5, 5.41) is 4.11. The lowest BCUT2D eigenvalue weighted by Crippen LogP contribution is -2.49. The third-order valence-electron chi connectivity index (χ3n) is 5.85. The van der Waals surface area contributed by atoms with E-state index in [-0.39, 0.29) is 37.7 Å². The van der Waals surface area contributed by atoms with E-state index in [1.165, 1.54) is 9.21 Å². The van der Waals surface area contributed by atoms with Crippen LogP contribution in [0.2, 0.25) is 15.1 Å². The van der Waals surface area contributed by atoms with E-state index < -0.39 is 16.1 Å². The maximum atomic E-state index is 13.5. The van der Waals surface area contributed by atoms with Crippen LogP contribution in [0.4, 0.5) is 5.69 Å². The van der Waals surface area contributed by atoms with Gasteiger partial charge in [0.05, 0.1) is 11.9 Å². The number of halogens is 3. The summed E-state index contributed by atoms with van der Waals surface area (Å²) >= 11 is 18.8. The van der Waals surface area contributed by atoms with E-state index in [9.17, 15) is 18.0 Å². The van der Waals surface area contributed by atoms with Crippen molar-refractivity contribution >= 4 is 62.3 Å². The molecule has 0 spiro atoms. The highest BCUT2D eigenvalue weighted by Crippen LogP contribution is 2.28. The second kappa shape index (κ2) is 14.8. The molecule has 1 atom stereocenters. The summed E-state index contributed by atoms with van der Waals surface area (Å²) in [5.74, 6) is -0.544. The molecule has 0 aliphatic heterocycles. The van der Waals surface area contributed by atoms with Gasteiger partial charge in [-0.3, -0.25) is 13.9 Å². The highest BCUT2D eigenvalue weighted by atomic mass is 35.5. The molecule has 0 aromatic heterocycles. The maximum Gasteiger partial charge on any atom is 0.242 e. The summed E-state index contributed by atoms with van der Waals surface area (Å²) in [6, 6.07) is 10.9. The van der Waals surface area contributed by atoms with Crippen LogP contribution in [0.15, 0.2) is 42.5 Å². The highest BCUT2D eigenvalue weighted by molar-refractivity contribution is 7.92. The number of benzene rings is 2. The maximum absolute atomic E-state index is 13.5. The zero-order chi connectivity index (χ0) is 27.6. The van der Waals surface area contributed by atoms with Crippen LogP contribution in [-0.2, 0) is 26.2 Å². The zero-order valence-corrected chi connectivity index (χ0v) is 24.4. The topological polar surface area (TPSA) is 86.8 Å². The van der Waals surface area contributed by atoms with Crippen LogP contribution in [0, 0.1) is 0 Å². The van der Waals surface area contributed by atoms with E-state index >= 15 is 0 Å². The molecule has 0 saturated heterocycles. The number of amides is 2. The van der Waals surface area contributed by atoms with E-state index in [1.54, 1.807) is 42.5 Å². The van der Waals surface area contributed by atoms with E-state index in [4.69, 9.17) is 34.8 Å². The third-order valence-corrected chi connectivity index (χ3v) is 7.99. The van der Waals surface area contributed by atoms with Crippen LogP contribution >= 0.6 is 34.8 Å². The summed E-state index contributed by atoms with van der Waals surface area (Å²) in [7, 11) is -3.61. The van der Waals surface area contributed by atoms with Crippen molar-refractivity contribution in [1.82, 2.24) is 10.2 Å². The van der Waals surface area contributed by atoms with Gasteiger partial charge in [-0.25, -0.2) is 8.42 Å². The first kappa shape index (κ1) is 31.2. The van der Waals surface area contributed by atoms with E-state index in [1.807, 2.05) is 13.8 Å². The minimum atomic E-state index is -3.61. The highest BCUT2D eigenvalue weighted by Gasteiger charge is 2.29. The lowest BCUT2D eigenvalue weighted by molar-refractivity contribution is -0.141. The van der Waals surface area contributed by atoms with Crippen molar-refractivity contribution in [1.29, 1.82) is 0 Å². The Hall–Kier alpha value is -2.00. The number of nitrogens with zero attached hydrogens (tertiary/aromatic N) is 2. The molecule has 2 aromatic rings. The monoisotopic (exact) mass is 589 g/mol. The van der Waals surface area contributed by atoms with Gasteiger partial charge < -0.3 is 10.2 Å². The first-order valence-electron chi connectivity index (χ1n) is 12.2. The summed E-state index contributed by atoms with van der Waals surface area (Å²) in [6.45, 7) is 4.51. The predicted molar refractivity (Wildman–Crippen MR) is 152 cm³/mol. The SMILES string of the molecule is CCCCNC(=O)[C@H](CC)N(Cc1c(Cl)cccc1Cl)C(=O)CCCN(c1cccc(Cl)c1)S(C)(=O)=O. The standard InChI is InChI=1S/C26H34Cl3N3O4S/c1-4-6-15-30-26(34)24(5-2)31(18-21-22(28)12-8-13-23(21)29)25(33)14-9-16-32(37(3,35)36)20-11-7-10-19(27)17-20/h7-8,10-13,17,24H,4-6,9,14-16,18H2,1-3H3,(H,30,34)/t24-/m0/s1. The molecule has 11 heteroatoms. The van der Waals surface area contributed by atoms with Gasteiger partial charge in [-0.1, -0.05) is 67.2 Å². The molecule has 0 unspecified atom stereocenters. The number of carbonyl (C=O) groups is 2. The average Bonchev–Trinajstić information content (AvgIpc) is 2.82. The fourth-order valence-corrected chi connectivity index (χ4v) is 5.57. The fraction of sp³-hybridized carbons (Fsp3) is 0.462. The lowest BCUT2D eigenvalue weighted by Gasteiger charge is -2.31. The molecule has 0 aliphatic carbocycles. The number of carbonyl (C=O) groups excluding carboxylic acids is 2. The molecule has 2 rings (SSSR count). The Balaban J connectivity index is 2.25. The number of hydrogen-bond acceptors (Lipinski definition) is 4. The molecule has 7 nitrogen and oxygen atoms in total. The van der Waals surface area contributed by atoms with Gasteiger partial charge in [0.25, 0.3) is 0 Å². The molecule has 1 N–H and O–H groups in total. The van der Waals surface area contributed by atoms with Crippen LogP contribution in [-0.4, -0.2) is 50.5 Å². The fourth-order valence-electron chi connectivity index (χ4n) is 3.91. The first-order valence-corrected chi connectivity index (χ1v) is 15.2. The largest absolute Gasteiger partial charge is 0.354 e. The third kappa shape index (κ3) is 9.36. The van der Waals surface area contributed by atoms with E-state index in [0.717, 1.165) is 19.1 Å².